The predicted octanol–water partition coefficient (Wildman–Crippen LogP) is 6.71. The normalized spacial score (nSPS) is 15.1. The molecule has 0 saturated carbocycles. The van der Waals surface area contributed by atoms with E-state index in [4.69, 9.17) is 28.0 Å². The molecule has 0 amide bonds. The van der Waals surface area contributed by atoms with E-state index < -0.39 is 27.7 Å². The van der Waals surface area contributed by atoms with Gasteiger partial charge in [0.05, 0.1) is 26.5 Å². The number of ether oxygens (including phenoxy) is 4. The first kappa shape index (κ1) is 36.4. The summed E-state index contributed by atoms with van der Waals surface area (Å²) in [5.74, 6) is 0.647. The SMILES string of the molecule is CCOC(=O)[C@H](C)OP(=O)(CCNC/C(C)=C/Cc1c(OC)c(C)c2c(c1OCC[Si](C)(C)C)C(=O)OC2)Oc1ccccc1. The van der Waals surface area contributed by atoms with Crippen LogP contribution in [0.25, 0.3) is 0 Å². The number of fused-ring (bicyclic) bond motifs is 1. The van der Waals surface area contributed by atoms with E-state index in [1.54, 1.807) is 38.3 Å². The molecule has 1 N–H and O–H groups in total. The molecule has 1 unspecified atom stereocenters. The van der Waals surface area contributed by atoms with E-state index in [2.05, 4.69) is 31.0 Å². The van der Waals surface area contributed by atoms with Crippen molar-refractivity contribution in [2.24, 2.45) is 0 Å². The van der Waals surface area contributed by atoms with Crippen molar-refractivity contribution in [1.29, 1.82) is 0 Å². The molecule has 2 aromatic carbocycles. The van der Waals surface area contributed by atoms with Gasteiger partial charge in [-0.25, -0.2) is 14.2 Å². The maximum atomic E-state index is 13.7. The number of hydrogen-bond donors (Lipinski definition) is 1. The van der Waals surface area contributed by atoms with E-state index in [1.165, 1.54) is 6.92 Å². The van der Waals surface area contributed by atoms with Gasteiger partial charge in [0.25, 0.3) is 0 Å². The Morgan fingerprint density at radius 2 is 1.89 bits per heavy atom. The van der Waals surface area contributed by atoms with Crippen LogP contribution < -0.4 is 19.3 Å². The van der Waals surface area contributed by atoms with E-state index >= 15 is 0 Å². The number of esters is 2. The summed E-state index contributed by atoms with van der Waals surface area (Å²) in [4.78, 5) is 24.9. The van der Waals surface area contributed by atoms with Crippen LogP contribution in [0.2, 0.25) is 25.7 Å². The standard InChI is InChI=1S/C33H48NO9PSi/c1-9-39-32(35)25(4)42-44(37,43-26-13-11-10-12-14-26)19-17-34-21-23(2)15-16-27-30(38-5)24(3)28-22-41-33(36)29(28)31(27)40-18-20-45(6,7)8/h10-15,25,34H,9,16-22H2,1-8H3/b23-15+/t25-,44?/m0/s1. The number of rotatable bonds is 18. The average molecular weight is 662 g/mol. The van der Waals surface area contributed by atoms with Crippen molar-refractivity contribution in [3.63, 3.8) is 0 Å². The Morgan fingerprint density at radius 1 is 1.18 bits per heavy atom. The van der Waals surface area contributed by atoms with Crippen molar-refractivity contribution in [1.82, 2.24) is 5.32 Å². The lowest BCUT2D eigenvalue weighted by atomic mass is 9.95. The molecule has 0 aliphatic carbocycles. The molecule has 12 heteroatoms. The smallest absolute Gasteiger partial charge is 0.381 e. The topological polar surface area (TPSA) is 119 Å². The summed E-state index contributed by atoms with van der Waals surface area (Å²) in [6.07, 6.45) is 1.53. The first-order chi connectivity index (χ1) is 21.3. The van der Waals surface area contributed by atoms with Crippen molar-refractivity contribution >= 4 is 27.6 Å². The van der Waals surface area contributed by atoms with Crippen LogP contribution in [0.1, 0.15) is 47.8 Å². The first-order valence-electron chi connectivity index (χ1n) is 15.4. The number of carbonyl (C=O) groups excluding carboxylic acids is 2. The van der Waals surface area contributed by atoms with Crippen molar-refractivity contribution < 1.29 is 42.1 Å². The zero-order chi connectivity index (χ0) is 33.2. The molecule has 1 aliphatic rings. The van der Waals surface area contributed by atoms with Gasteiger partial charge >= 0.3 is 19.5 Å². The van der Waals surface area contributed by atoms with E-state index in [0.29, 0.717) is 48.9 Å². The molecule has 0 fully saturated rings. The van der Waals surface area contributed by atoms with Crippen LogP contribution in [0.4, 0.5) is 0 Å². The third-order valence-electron chi connectivity index (χ3n) is 7.27. The van der Waals surface area contributed by atoms with Gasteiger partial charge in [-0.2, -0.15) is 0 Å². The van der Waals surface area contributed by atoms with Crippen molar-refractivity contribution in [3.05, 3.63) is 64.2 Å². The van der Waals surface area contributed by atoms with E-state index in [-0.39, 0.29) is 25.3 Å². The fourth-order valence-electron chi connectivity index (χ4n) is 4.78. The number of methoxy groups -OCH3 is 1. The highest BCUT2D eigenvalue weighted by molar-refractivity contribution is 7.54. The largest absolute Gasteiger partial charge is 0.496 e. The van der Waals surface area contributed by atoms with Crippen LogP contribution in [-0.2, 0) is 36.4 Å². The minimum absolute atomic E-state index is 0.0357. The maximum absolute atomic E-state index is 13.7. The minimum Gasteiger partial charge on any atom is -0.496 e. The summed E-state index contributed by atoms with van der Waals surface area (Å²) in [7, 11) is -3.46. The summed E-state index contributed by atoms with van der Waals surface area (Å²) in [5, 5.41) is 3.30. The lowest BCUT2D eigenvalue weighted by molar-refractivity contribution is -0.150. The van der Waals surface area contributed by atoms with E-state index in [9.17, 15) is 14.2 Å². The second kappa shape index (κ2) is 16.4. The highest BCUT2D eigenvalue weighted by Crippen LogP contribution is 2.49. The summed E-state index contributed by atoms with van der Waals surface area (Å²) in [6.45, 7) is 15.7. The number of benzene rings is 2. The molecule has 2 atom stereocenters. The quantitative estimate of drug-likeness (QED) is 0.0607. The molecule has 0 spiro atoms. The lowest BCUT2D eigenvalue weighted by Gasteiger charge is -2.22. The van der Waals surface area contributed by atoms with Gasteiger partial charge in [-0.3, -0.25) is 4.52 Å². The fourth-order valence-corrected chi connectivity index (χ4v) is 7.18. The summed E-state index contributed by atoms with van der Waals surface area (Å²) in [5.41, 5.74) is 4.01. The highest BCUT2D eigenvalue weighted by Gasteiger charge is 2.34. The third-order valence-corrected chi connectivity index (χ3v) is 10.9. The number of nitrogens with one attached hydrogen (secondary N) is 1. The Bertz CT molecular complexity index is 1410. The van der Waals surface area contributed by atoms with Crippen LogP contribution in [-0.4, -0.2) is 65.7 Å². The van der Waals surface area contributed by atoms with Gasteiger partial charge in [-0.1, -0.05) is 49.5 Å². The Kier molecular flexibility index (Phi) is 13.3. The molecule has 1 heterocycles. The van der Waals surface area contributed by atoms with Crippen LogP contribution in [0.3, 0.4) is 0 Å². The molecule has 2 aromatic rings. The second-order valence-corrected chi connectivity index (χ2v) is 19.9. The predicted molar refractivity (Wildman–Crippen MR) is 178 cm³/mol. The minimum atomic E-state index is -3.71. The summed E-state index contributed by atoms with van der Waals surface area (Å²) >= 11 is 0. The average Bonchev–Trinajstić information content (AvgIpc) is 3.37. The zero-order valence-corrected chi connectivity index (χ0v) is 29.7. The Hall–Kier alpha value is -3.11. The Morgan fingerprint density at radius 3 is 2.53 bits per heavy atom. The van der Waals surface area contributed by atoms with Gasteiger partial charge in [0, 0.05) is 32.3 Å². The van der Waals surface area contributed by atoms with Crippen LogP contribution in [0.15, 0.2) is 42.0 Å². The Balaban J connectivity index is 1.72. The molecule has 3 rings (SSSR count). The molecule has 10 nitrogen and oxygen atoms in total. The molecule has 248 valence electrons. The maximum Gasteiger partial charge on any atom is 0.381 e. The molecule has 1 aliphatic heterocycles. The van der Waals surface area contributed by atoms with Crippen LogP contribution in [0.5, 0.6) is 17.2 Å². The summed E-state index contributed by atoms with van der Waals surface area (Å²) < 4.78 is 47.7. The van der Waals surface area contributed by atoms with Gasteiger partial charge < -0.3 is 28.8 Å². The fraction of sp³-hybridized carbons (Fsp3) is 0.515. The number of carbonyl (C=O) groups is 2. The third kappa shape index (κ3) is 10.5. The molecule has 0 bridgehead atoms. The number of hydrogen-bond acceptors (Lipinski definition) is 10. The van der Waals surface area contributed by atoms with Gasteiger partial charge in [-0.05, 0) is 57.9 Å². The van der Waals surface area contributed by atoms with Gasteiger partial charge in [0.2, 0.25) is 0 Å². The monoisotopic (exact) mass is 661 g/mol. The molecule has 0 aromatic heterocycles. The molecule has 0 radical (unpaired) electrons. The van der Waals surface area contributed by atoms with Crippen molar-refractivity contribution in [2.75, 3.05) is 39.6 Å². The van der Waals surface area contributed by atoms with Gasteiger partial charge in [0.15, 0.2) is 6.10 Å². The second-order valence-electron chi connectivity index (χ2n) is 12.2. The van der Waals surface area contributed by atoms with E-state index in [1.807, 2.05) is 19.9 Å². The lowest BCUT2D eigenvalue weighted by Crippen LogP contribution is -2.26. The van der Waals surface area contributed by atoms with Crippen molar-refractivity contribution in [3.8, 4) is 17.2 Å². The number of allylic oxidation sites excluding steroid dienone is 1. The van der Waals surface area contributed by atoms with Gasteiger partial charge in [-0.15, -0.1) is 0 Å². The highest BCUT2D eigenvalue weighted by atomic mass is 31.2. The molecular formula is C33H48NO9PSi. The molecule has 0 saturated heterocycles. The van der Waals surface area contributed by atoms with Crippen LogP contribution >= 0.6 is 7.60 Å². The van der Waals surface area contributed by atoms with Gasteiger partial charge in [0.1, 0.15) is 29.4 Å². The van der Waals surface area contributed by atoms with E-state index in [0.717, 1.165) is 28.3 Å². The molecular weight excluding hydrogens is 613 g/mol. The van der Waals surface area contributed by atoms with Crippen molar-refractivity contribution in [2.45, 2.75) is 72.5 Å². The zero-order valence-electron chi connectivity index (χ0n) is 27.8. The summed E-state index contributed by atoms with van der Waals surface area (Å²) in [6, 6.07) is 9.68. The number of para-hydroxylation sites is 1. The number of cyclic esters (lactones) is 1. The molecule has 45 heavy (non-hydrogen) atoms. The van der Waals surface area contributed by atoms with Crippen LogP contribution in [0, 0.1) is 6.92 Å². The first-order valence-corrected chi connectivity index (χ1v) is 20.8. The Labute approximate surface area is 268 Å².